The number of carboxylic acid groups (broad SMARTS) is 1. The first-order valence-electron chi connectivity index (χ1n) is 8.30. The molecule has 140 valence electrons. The summed E-state index contributed by atoms with van der Waals surface area (Å²) in [7, 11) is -3.80. The number of rotatable bonds is 3. The summed E-state index contributed by atoms with van der Waals surface area (Å²) < 4.78 is 29.6. The number of para-hydroxylation sites is 1. The number of carboxylic acids is 1. The van der Waals surface area contributed by atoms with Crippen LogP contribution in [0.2, 0.25) is 0 Å². The molecule has 0 aliphatic carbocycles. The van der Waals surface area contributed by atoms with Gasteiger partial charge in [0.05, 0.1) is 12.2 Å². The molecule has 0 bridgehead atoms. The van der Waals surface area contributed by atoms with Crippen LogP contribution in [-0.2, 0) is 21.2 Å². The smallest absolute Gasteiger partial charge is 0.325 e. The van der Waals surface area contributed by atoms with Crippen LogP contribution in [0.1, 0.15) is 17.2 Å². The highest BCUT2D eigenvalue weighted by Gasteiger charge is 2.35. The highest BCUT2D eigenvalue weighted by molar-refractivity contribution is 9.10. The third-order valence-electron chi connectivity index (χ3n) is 4.69. The summed E-state index contributed by atoms with van der Waals surface area (Å²) in [6.45, 7) is 0.586. The van der Waals surface area contributed by atoms with E-state index in [0.29, 0.717) is 18.7 Å². The highest BCUT2D eigenvalue weighted by Crippen LogP contribution is 2.33. The second kappa shape index (κ2) is 6.74. The molecule has 0 radical (unpaired) electrons. The number of fused-ring (bicyclic) bond motifs is 2. The molecule has 27 heavy (non-hydrogen) atoms. The van der Waals surface area contributed by atoms with Crippen molar-refractivity contribution in [3.05, 3.63) is 58.1 Å². The lowest BCUT2D eigenvalue weighted by atomic mass is 9.92. The minimum atomic E-state index is -3.80. The Bertz CT molecular complexity index is 1070. The number of anilines is 1. The summed E-state index contributed by atoms with van der Waals surface area (Å²) in [5.41, 5.74) is 2.15. The monoisotopic (exact) mass is 449 g/mol. The number of nitrogens with one attached hydrogen (secondary N) is 1. The summed E-state index contributed by atoms with van der Waals surface area (Å²) in [4.78, 5) is 13.8. The molecule has 1 unspecified atom stereocenters. The Hall–Kier alpha value is -2.23. The lowest BCUT2D eigenvalue weighted by Gasteiger charge is -2.35. The van der Waals surface area contributed by atoms with Gasteiger partial charge in [0.25, 0.3) is 10.0 Å². The van der Waals surface area contributed by atoms with Crippen LogP contribution in [0.3, 0.4) is 0 Å². The fourth-order valence-electron chi connectivity index (χ4n) is 3.54. The van der Waals surface area contributed by atoms with Crippen molar-refractivity contribution in [1.82, 2.24) is 4.90 Å². The topological polar surface area (TPSA) is 99.1 Å². The van der Waals surface area contributed by atoms with Gasteiger partial charge in [-0.15, -0.1) is 4.40 Å². The molecule has 0 aromatic heterocycles. The average Bonchev–Trinajstić information content (AvgIpc) is 2.61. The van der Waals surface area contributed by atoms with E-state index < -0.39 is 22.0 Å². The molecule has 0 spiro atoms. The number of amidine groups is 1. The van der Waals surface area contributed by atoms with Crippen molar-refractivity contribution in [1.29, 1.82) is 0 Å². The first-order valence-corrected chi connectivity index (χ1v) is 10.5. The van der Waals surface area contributed by atoms with Crippen LogP contribution in [0, 0.1) is 0 Å². The van der Waals surface area contributed by atoms with E-state index in [0.717, 1.165) is 15.6 Å². The Kier molecular flexibility index (Phi) is 4.53. The quantitative estimate of drug-likeness (QED) is 0.746. The van der Waals surface area contributed by atoms with Gasteiger partial charge in [-0.1, -0.05) is 34.1 Å². The van der Waals surface area contributed by atoms with Crippen molar-refractivity contribution in [3.8, 4) is 0 Å². The van der Waals surface area contributed by atoms with E-state index >= 15 is 0 Å². The zero-order chi connectivity index (χ0) is 19.2. The van der Waals surface area contributed by atoms with Crippen molar-refractivity contribution in [2.24, 2.45) is 4.40 Å². The number of halogens is 1. The second-order valence-electron chi connectivity index (χ2n) is 6.44. The molecule has 2 aromatic rings. The Balaban J connectivity index is 1.66. The number of nitrogens with zero attached hydrogens (tertiary/aromatic N) is 2. The van der Waals surface area contributed by atoms with Gasteiger partial charge in [0.2, 0.25) is 0 Å². The highest BCUT2D eigenvalue weighted by atomic mass is 79.9. The van der Waals surface area contributed by atoms with Crippen LogP contribution in [0.25, 0.3) is 0 Å². The van der Waals surface area contributed by atoms with Gasteiger partial charge >= 0.3 is 5.97 Å². The summed E-state index contributed by atoms with van der Waals surface area (Å²) in [5.74, 6) is -0.751. The van der Waals surface area contributed by atoms with Crippen LogP contribution in [0.15, 0.2) is 56.2 Å². The lowest BCUT2D eigenvalue weighted by molar-refractivity contribution is -0.143. The predicted octanol–water partition coefficient (Wildman–Crippen LogP) is 2.65. The maximum absolute atomic E-state index is 12.4. The van der Waals surface area contributed by atoms with Crippen LogP contribution >= 0.6 is 15.9 Å². The fraction of sp³-hybridized carbons (Fsp3) is 0.222. The first kappa shape index (κ1) is 18.1. The molecular weight excluding hydrogens is 434 g/mol. The summed E-state index contributed by atoms with van der Waals surface area (Å²) in [6.07, 6.45) is 0.676. The number of sulfonamides is 1. The zero-order valence-electron chi connectivity index (χ0n) is 14.1. The van der Waals surface area contributed by atoms with E-state index in [4.69, 9.17) is 0 Å². The SMILES string of the molecule is O=C(O)C1c2ccc(Br)cc2CCN1CC1=NS(=O)(=O)c2ccccc2N1. The lowest BCUT2D eigenvalue weighted by Crippen LogP contribution is -2.44. The normalized spacial score (nSPS) is 20.8. The van der Waals surface area contributed by atoms with E-state index in [-0.39, 0.29) is 17.3 Å². The van der Waals surface area contributed by atoms with Crippen molar-refractivity contribution >= 4 is 43.4 Å². The molecule has 1 atom stereocenters. The largest absolute Gasteiger partial charge is 0.480 e. The maximum atomic E-state index is 12.4. The third-order valence-corrected chi connectivity index (χ3v) is 6.56. The van der Waals surface area contributed by atoms with E-state index in [1.54, 1.807) is 29.2 Å². The molecule has 0 fully saturated rings. The standard InChI is InChI=1S/C18H16BrN3O4S/c19-12-5-6-13-11(9-12)7-8-22(17(13)18(23)24)10-16-20-14-3-1-2-4-15(14)27(25,26)21-16/h1-6,9,17H,7-8,10H2,(H,20,21)(H,23,24). The molecule has 2 N–H and O–H groups in total. The number of hydrogen-bond donors (Lipinski definition) is 2. The minimum absolute atomic E-state index is 0.0973. The Labute approximate surface area is 164 Å². The summed E-state index contributed by atoms with van der Waals surface area (Å²) in [5, 5.41) is 12.8. The van der Waals surface area contributed by atoms with E-state index in [9.17, 15) is 18.3 Å². The molecule has 9 heteroatoms. The predicted molar refractivity (Wildman–Crippen MR) is 104 cm³/mol. The van der Waals surface area contributed by atoms with E-state index in [2.05, 4.69) is 25.6 Å². The van der Waals surface area contributed by atoms with Crippen LogP contribution < -0.4 is 5.32 Å². The zero-order valence-corrected chi connectivity index (χ0v) is 16.5. The second-order valence-corrected chi connectivity index (χ2v) is 8.93. The van der Waals surface area contributed by atoms with Gasteiger partial charge < -0.3 is 10.4 Å². The summed E-state index contributed by atoms with van der Waals surface area (Å²) in [6, 6.07) is 11.2. The third kappa shape index (κ3) is 3.38. The Morgan fingerprint density at radius 2 is 2.07 bits per heavy atom. The molecule has 2 heterocycles. The molecule has 7 nitrogen and oxygen atoms in total. The Morgan fingerprint density at radius 1 is 1.30 bits per heavy atom. The molecule has 0 amide bonds. The minimum Gasteiger partial charge on any atom is -0.480 e. The van der Waals surface area contributed by atoms with Gasteiger partial charge in [0, 0.05) is 11.0 Å². The van der Waals surface area contributed by atoms with Gasteiger partial charge in [-0.05, 0) is 41.8 Å². The number of hydrogen-bond acceptors (Lipinski definition) is 5. The molecule has 0 saturated carbocycles. The average molecular weight is 450 g/mol. The summed E-state index contributed by atoms with van der Waals surface area (Å²) >= 11 is 3.41. The van der Waals surface area contributed by atoms with Crippen molar-refractivity contribution < 1.29 is 18.3 Å². The fourth-order valence-corrected chi connectivity index (χ4v) is 5.08. The van der Waals surface area contributed by atoms with Crippen molar-refractivity contribution in [2.75, 3.05) is 18.4 Å². The van der Waals surface area contributed by atoms with Gasteiger partial charge in [0.15, 0.2) is 0 Å². The van der Waals surface area contributed by atoms with E-state index in [1.807, 2.05) is 12.1 Å². The molecule has 4 rings (SSSR count). The number of carbonyl (C=O) groups is 1. The molecular formula is C18H16BrN3O4S. The van der Waals surface area contributed by atoms with Crippen LogP contribution in [0.4, 0.5) is 5.69 Å². The molecule has 2 aromatic carbocycles. The number of benzene rings is 2. The van der Waals surface area contributed by atoms with Gasteiger partial charge in [-0.3, -0.25) is 9.69 Å². The van der Waals surface area contributed by atoms with Gasteiger partial charge in [-0.2, -0.15) is 8.42 Å². The maximum Gasteiger partial charge on any atom is 0.325 e. The molecule has 2 aliphatic heterocycles. The van der Waals surface area contributed by atoms with Crippen LogP contribution in [0.5, 0.6) is 0 Å². The molecule has 0 saturated heterocycles. The van der Waals surface area contributed by atoms with Crippen LogP contribution in [-0.4, -0.2) is 43.3 Å². The van der Waals surface area contributed by atoms with Crippen molar-refractivity contribution in [2.45, 2.75) is 17.4 Å². The first-order chi connectivity index (χ1) is 12.8. The van der Waals surface area contributed by atoms with Gasteiger partial charge in [-0.25, -0.2) is 0 Å². The van der Waals surface area contributed by atoms with Crippen molar-refractivity contribution in [3.63, 3.8) is 0 Å². The van der Waals surface area contributed by atoms with Gasteiger partial charge in [0.1, 0.15) is 16.8 Å². The molecule has 2 aliphatic rings. The van der Waals surface area contributed by atoms with E-state index in [1.165, 1.54) is 6.07 Å². The Morgan fingerprint density at radius 3 is 2.85 bits per heavy atom. The number of aliphatic carboxylic acids is 1.